The highest BCUT2D eigenvalue weighted by molar-refractivity contribution is 7.80. The van der Waals surface area contributed by atoms with Gasteiger partial charge in [0.2, 0.25) is 0 Å². The number of carbonyl (C=O) groups is 1. The fraction of sp³-hybridized carbons (Fsp3) is 0.333. The Labute approximate surface area is 146 Å². The van der Waals surface area contributed by atoms with E-state index < -0.39 is 29.4 Å². The van der Waals surface area contributed by atoms with Crippen molar-refractivity contribution >= 4 is 23.1 Å². The second-order valence-electron chi connectivity index (χ2n) is 5.06. The molecule has 1 amide bonds. The van der Waals surface area contributed by atoms with Crippen LogP contribution < -0.4 is 15.0 Å². The molecule has 136 valence electrons. The van der Waals surface area contributed by atoms with Crippen LogP contribution in [0.5, 0.6) is 11.5 Å². The standard InChI is InChI=1S/C15H15F3N2O4S/c1-23-11-7-8(6-9(12(11)24-2)15(16,17)18)14(25)20-5-3-4-10(20)13(21)19-22/h3-4,6-7,10,22H,5H2,1-2H3,(H,19,21). The van der Waals surface area contributed by atoms with E-state index in [0.29, 0.717) is 0 Å². The summed E-state index contributed by atoms with van der Waals surface area (Å²) in [5, 5.41) is 8.78. The first-order valence-electron chi connectivity index (χ1n) is 6.99. The summed E-state index contributed by atoms with van der Waals surface area (Å²) in [6.45, 7) is 0.215. The summed E-state index contributed by atoms with van der Waals surface area (Å²) in [6.07, 6.45) is -1.57. The van der Waals surface area contributed by atoms with Gasteiger partial charge in [0, 0.05) is 12.1 Å². The molecule has 0 saturated heterocycles. The third-order valence-corrected chi connectivity index (χ3v) is 4.10. The van der Waals surface area contributed by atoms with E-state index in [1.54, 1.807) is 6.08 Å². The zero-order valence-electron chi connectivity index (χ0n) is 13.3. The van der Waals surface area contributed by atoms with Crippen LogP contribution in [0.1, 0.15) is 11.1 Å². The Morgan fingerprint density at radius 2 is 2.04 bits per heavy atom. The van der Waals surface area contributed by atoms with Gasteiger partial charge in [-0.1, -0.05) is 24.4 Å². The van der Waals surface area contributed by atoms with Gasteiger partial charge >= 0.3 is 6.18 Å². The summed E-state index contributed by atoms with van der Waals surface area (Å²) in [5.74, 6) is -1.33. The predicted octanol–water partition coefficient (Wildman–Crippen LogP) is 2.14. The third-order valence-electron chi connectivity index (χ3n) is 3.63. The maximum atomic E-state index is 13.3. The van der Waals surface area contributed by atoms with Crippen LogP contribution in [0.3, 0.4) is 0 Å². The molecule has 1 heterocycles. The van der Waals surface area contributed by atoms with Crippen LogP contribution in [0, 0.1) is 0 Å². The lowest BCUT2D eigenvalue weighted by Gasteiger charge is -2.26. The summed E-state index contributed by atoms with van der Waals surface area (Å²) >= 11 is 5.25. The fourth-order valence-corrected chi connectivity index (χ4v) is 2.80. The minimum absolute atomic E-state index is 0.00468. The average Bonchev–Trinajstić information content (AvgIpc) is 3.07. The van der Waals surface area contributed by atoms with Gasteiger partial charge in [0.05, 0.1) is 14.2 Å². The number of methoxy groups -OCH3 is 2. The van der Waals surface area contributed by atoms with Gasteiger partial charge in [0.1, 0.15) is 16.6 Å². The lowest BCUT2D eigenvalue weighted by Crippen LogP contribution is -2.45. The van der Waals surface area contributed by atoms with Crippen LogP contribution in [0.4, 0.5) is 13.2 Å². The Balaban J connectivity index is 2.48. The van der Waals surface area contributed by atoms with Crippen LogP contribution >= 0.6 is 12.2 Å². The molecule has 0 fully saturated rings. The van der Waals surface area contributed by atoms with E-state index in [1.807, 2.05) is 0 Å². The van der Waals surface area contributed by atoms with Crippen molar-refractivity contribution in [3.8, 4) is 11.5 Å². The summed E-state index contributed by atoms with van der Waals surface area (Å²) in [5.41, 5.74) is 0.505. The van der Waals surface area contributed by atoms with Crippen molar-refractivity contribution in [1.82, 2.24) is 10.4 Å². The number of ether oxygens (including phenoxy) is 2. The van der Waals surface area contributed by atoms with Crippen LogP contribution in [-0.4, -0.2) is 47.8 Å². The van der Waals surface area contributed by atoms with Crippen molar-refractivity contribution < 1.29 is 32.6 Å². The Hall–Kier alpha value is -2.33. The number of halogens is 3. The molecule has 1 aromatic rings. The zero-order valence-corrected chi connectivity index (χ0v) is 14.1. The molecule has 6 nitrogen and oxygen atoms in total. The lowest BCUT2D eigenvalue weighted by atomic mass is 10.1. The Morgan fingerprint density at radius 1 is 1.36 bits per heavy atom. The molecule has 1 atom stereocenters. The zero-order chi connectivity index (χ0) is 18.8. The molecule has 25 heavy (non-hydrogen) atoms. The van der Waals surface area contributed by atoms with Crippen LogP contribution in [-0.2, 0) is 11.0 Å². The van der Waals surface area contributed by atoms with Gasteiger partial charge in [-0.2, -0.15) is 13.2 Å². The molecule has 0 spiro atoms. The molecular formula is C15H15F3N2O4S. The first-order valence-corrected chi connectivity index (χ1v) is 7.40. The highest BCUT2D eigenvalue weighted by Crippen LogP contribution is 2.42. The Morgan fingerprint density at radius 3 is 2.56 bits per heavy atom. The van der Waals surface area contributed by atoms with E-state index in [0.717, 1.165) is 13.2 Å². The van der Waals surface area contributed by atoms with Crippen LogP contribution in [0.15, 0.2) is 24.3 Å². The molecule has 2 rings (SSSR count). The molecule has 0 saturated carbocycles. The predicted molar refractivity (Wildman–Crippen MR) is 85.8 cm³/mol. The lowest BCUT2D eigenvalue weighted by molar-refractivity contribution is -0.139. The van der Waals surface area contributed by atoms with Crippen molar-refractivity contribution in [3.05, 3.63) is 35.4 Å². The molecule has 10 heteroatoms. The second kappa shape index (κ2) is 7.28. The Kier molecular flexibility index (Phi) is 5.53. The first-order chi connectivity index (χ1) is 11.7. The number of benzene rings is 1. The minimum Gasteiger partial charge on any atom is -0.493 e. The number of amides is 1. The molecule has 1 aliphatic rings. The summed E-state index contributed by atoms with van der Waals surface area (Å²) in [6, 6.07) is 1.23. The molecule has 1 aromatic carbocycles. The van der Waals surface area contributed by atoms with E-state index in [9.17, 15) is 18.0 Å². The van der Waals surface area contributed by atoms with Gasteiger partial charge in [-0.25, -0.2) is 5.48 Å². The number of nitrogens with one attached hydrogen (secondary N) is 1. The van der Waals surface area contributed by atoms with Gasteiger partial charge in [0.25, 0.3) is 5.91 Å². The van der Waals surface area contributed by atoms with Gasteiger partial charge in [-0.15, -0.1) is 0 Å². The minimum atomic E-state index is -4.69. The number of hydrogen-bond donors (Lipinski definition) is 2. The van der Waals surface area contributed by atoms with Crippen LogP contribution in [0.25, 0.3) is 0 Å². The molecule has 0 bridgehead atoms. The fourth-order valence-electron chi connectivity index (χ4n) is 2.49. The molecule has 0 aliphatic carbocycles. The van der Waals surface area contributed by atoms with E-state index in [1.165, 1.54) is 29.6 Å². The highest BCUT2D eigenvalue weighted by Gasteiger charge is 2.38. The number of rotatable bonds is 4. The topological polar surface area (TPSA) is 71.0 Å². The quantitative estimate of drug-likeness (QED) is 0.363. The SMILES string of the molecule is COc1cc(C(=S)N2CC=CC2C(=O)NO)cc(C(F)(F)F)c1OC. The van der Waals surface area contributed by atoms with Crippen molar-refractivity contribution in [2.75, 3.05) is 20.8 Å². The van der Waals surface area contributed by atoms with Crippen molar-refractivity contribution in [1.29, 1.82) is 0 Å². The smallest absolute Gasteiger partial charge is 0.420 e. The van der Waals surface area contributed by atoms with Crippen molar-refractivity contribution in [2.24, 2.45) is 0 Å². The van der Waals surface area contributed by atoms with E-state index in [2.05, 4.69) is 0 Å². The summed E-state index contributed by atoms with van der Waals surface area (Å²) in [7, 11) is 2.32. The summed E-state index contributed by atoms with van der Waals surface area (Å²) in [4.78, 5) is 13.1. The molecule has 2 N–H and O–H groups in total. The monoisotopic (exact) mass is 376 g/mol. The second-order valence-corrected chi connectivity index (χ2v) is 5.45. The van der Waals surface area contributed by atoms with E-state index >= 15 is 0 Å². The number of hydroxylamine groups is 1. The van der Waals surface area contributed by atoms with Gasteiger partial charge in [-0.05, 0) is 12.1 Å². The largest absolute Gasteiger partial charge is 0.493 e. The maximum Gasteiger partial charge on any atom is 0.420 e. The number of alkyl halides is 3. The number of hydrogen-bond acceptors (Lipinski definition) is 5. The Bertz CT molecular complexity index is 721. The first kappa shape index (κ1) is 19.0. The molecule has 0 radical (unpaired) electrons. The maximum absolute atomic E-state index is 13.3. The normalized spacial score (nSPS) is 16.7. The average molecular weight is 376 g/mol. The van der Waals surface area contributed by atoms with Crippen molar-refractivity contribution in [3.63, 3.8) is 0 Å². The molecule has 1 unspecified atom stereocenters. The van der Waals surface area contributed by atoms with Gasteiger partial charge in [-0.3, -0.25) is 10.0 Å². The highest BCUT2D eigenvalue weighted by atomic mass is 32.1. The van der Waals surface area contributed by atoms with Gasteiger partial charge < -0.3 is 14.4 Å². The van der Waals surface area contributed by atoms with Crippen molar-refractivity contribution in [2.45, 2.75) is 12.2 Å². The summed E-state index contributed by atoms with van der Waals surface area (Å²) < 4.78 is 49.8. The number of thiocarbonyl (C=S) groups is 1. The molecule has 1 aliphatic heterocycles. The third kappa shape index (κ3) is 3.69. The van der Waals surface area contributed by atoms with Gasteiger partial charge in [0.15, 0.2) is 11.5 Å². The molecular weight excluding hydrogens is 361 g/mol. The molecule has 0 aromatic heterocycles. The number of nitrogens with zero attached hydrogens (tertiary/aromatic N) is 1. The van der Waals surface area contributed by atoms with E-state index in [4.69, 9.17) is 26.9 Å². The number of carbonyl (C=O) groups excluding carboxylic acids is 1. The van der Waals surface area contributed by atoms with Crippen LogP contribution in [0.2, 0.25) is 0 Å². The van der Waals surface area contributed by atoms with E-state index in [-0.39, 0.29) is 22.8 Å².